The highest BCUT2D eigenvalue weighted by molar-refractivity contribution is 5.96. The SMILES string of the molecule is COc1cccc(C(=O)N[C@H]2C[C@H]3CC[C@@H](C2)N3c2ccc(C(=O)NCC3CCNC3)cn2)c1C. The van der Waals surface area contributed by atoms with E-state index < -0.39 is 0 Å². The van der Waals surface area contributed by atoms with E-state index in [1.54, 1.807) is 13.3 Å². The molecule has 8 nitrogen and oxygen atoms in total. The standard InChI is InChI=1S/C27H35N5O3/c1-17-23(4-3-5-24(17)35-2)27(34)31-20-12-21-7-8-22(13-20)32(21)25-9-6-19(16-29-25)26(33)30-15-18-10-11-28-14-18/h3-6,9,16,18,20-22,28H,7-8,10-15H2,1-2H3,(H,30,33)(H,31,34)/t18?,20-,21+,22-. The van der Waals surface area contributed by atoms with Crippen molar-refractivity contribution in [3.8, 4) is 5.75 Å². The lowest BCUT2D eigenvalue weighted by atomic mass is 9.96. The average molecular weight is 478 g/mol. The van der Waals surface area contributed by atoms with Crippen LogP contribution in [0.1, 0.15) is 58.4 Å². The van der Waals surface area contributed by atoms with Gasteiger partial charge in [0.1, 0.15) is 11.6 Å². The molecule has 3 N–H and O–H groups in total. The van der Waals surface area contributed by atoms with E-state index in [4.69, 9.17) is 4.74 Å². The van der Waals surface area contributed by atoms with Crippen LogP contribution in [-0.4, -0.2) is 61.7 Å². The number of carbonyl (C=O) groups excluding carboxylic acids is 2. The number of ether oxygens (including phenoxy) is 1. The number of hydrogen-bond acceptors (Lipinski definition) is 6. The van der Waals surface area contributed by atoms with E-state index >= 15 is 0 Å². The minimum atomic E-state index is -0.0619. The van der Waals surface area contributed by atoms with Gasteiger partial charge in [0.15, 0.2) is 0 Å². The summed E-state index contributed by atoms with van der Waals surface area (Å²) in [4.78, 5) is 32.6. The first kappa shape index (κ1) is 23.6. The van der Waals surface area contributed by atoms with Gasteiger partial charge in [-0.15, -0.1) is 0 Å². The number of anilines is 1. The number of nitrogens with zero attached hydrogens (tertiary/aromatic N) is 2. The molecule has 186 valence electrons. The molecule has 5 rings (SSSR count). The molecule has 0 saturated carbocycles. The van der Waals surface area contributed by atoms with Crippen LogP contribution in [0.2, 0.25) is 0 Å². The van der Waals surface area contributed by atoms with Crippen molar-refractivity contribution in [1.29, 1.82) is 0 Å². The first-order chi connectivity index (χ1) is 17.0. The fraction of sp³-hybridized carbons (Fsp3) is 0.519. The molecule has 3 fully saturated rings. The van der Waals surface area contributed by atoms with Crippen molar-refractivity contribution in [1.82, 2.24) is 20.9 Å². The molecule has 3 aliphatic heterocycles. The Kier molecular flexibility index (Phi) is 6.90. The van der Waals surface area contributed by atoms with Crippen LogP contribution in [0.4, 0.5) is 5.82 Å². The molecule has 3 aliphatic rings. The molecule has 0 radical (unpaired) electrons. The first-order valence-corrected chi connectivity index (χ1v) is 12.7. The van der Waals surface area contributed by atoms with Crippen LogP contribution in [0.5, 0.6) is 5.75 Å². The molecular formula is C27H35N5O3. The molecule has 3 saturated heterocycles. The fourth-order valence-electron chi connectivity index (χ4n) is 5.91. The second-order valence-corrected chi connectivity index (χ2v) is 10.0. The molecule has 4 atom stereocenters. The second kappa shape index (κ2) is 10.2. The number of rotatable bonds is 7. The van der Waals surface area contributed by atoms with Crippen molar-refractivity contribution in [2.24, 2.45) is 5.92 Å². The molecule has 2 amide bonds. The van der Waals surface area contributed by atoms with Gasteiger partial charge >= 0.3 is 0 Å². The number of benzene rings is 1. The molecule has 35 heavy (non-hydrogen) atoms. The molecular weight excluding hydrogens is 442 g/mol. The Balaban J connectivity index is 1.19. The number of fused-ring (bicyclic) bond motifs is 2. The predicted octanol–water partition coefficient (Wildman–Crippen LogP) is 2.67. The molecule has 4 heterocycles. The van der Waals surface area contributed by atoms with Crippen LogP contribution in [0.15, 0.2) is 36.5 Å². The Morgan fingerprint density at radius 1 is 1.11 bits per heavy atom. The van der Waals surface area contributed by atoms with E-state index in [1.807, 2.05) is 37.3 Å². The third kappa shape index (κ3) is 4.98. The minimum Gasteiger partial charge on any atom is -0.496 e. The van der Waals surface area contributed by atoms with Crippen molar-refractivity contribution < 1.29 is 14.3 Å². The molecule has 0 aliphatic carbocycles. The lowest BCUT2D eigenvalue weighted by molar-refractivity contribution is 0.0923. The molecule has 1 unspecified atom stereocenters. The summed E-state index contributed by atoms with van der Waals surface area (Å²) in [6.07, 6.45) is 6.77. The predicted molar refractivity (Wildman–Crippen MR) is 135 cm³/mol. The quantitative estimate of drug-likeness (QED) is 0.568. The Labute approximate surface area is 206 Å². The van der Waals surface area contributed by atoms with Gasteiger partial charge in [-0.25, -0.2) is 4.98 Å². The van der Waals surface area contributed by atoms with Crippen molar-refractivity contribution >= 4 is 17.6 Å². The van der Waals surface area contributed by atoms with E-state index in [0.717, 1.165) is 62.3 Å². The molecule has 1 aromatic heterocycles. The average Bonchev–Trinajstić information content (AvgIpc) is 3.48. The molecule has 8 heteroatoms. The first-order valence-electron chi connectivity index (χ1n) is 12.7. The number of pyridine rings is 1. The Bertz CT molecular complexity index is 1050. The van der Waals surface area contributed by atoms with E-state index in [-0.39, 0.29) is 17.9 Å². The zero-order valence-electron chi connectivity index (χ0n) is 20.5. The van der Waals surface area contributed by atoms with Gasteiger partial charge in [-0.2, -0.15) is 0 Å². The largest absolute Gasteiger partial charge is 0.496 e. The van der Waals surface area contributed by atoms with Crippen LogP contribution in [-0.2, 0) is 0 Å². The minimum absolute atomic E-state index is 0.0406. The summed E-state index contributed by atoms with van der Waals surface area (Å²) < 4.78 is 5.37. The monoisotopic (exact) mass is 477 g/mol. The lowest BCUT2D eigenvalue weighted by Gasteiger charge is -2.40. The van der Waals surface area contributed by atoms with Gasteiger partial charge in [-0.05, 0) is 82.3 Å². The van der Waals surface area contributed by atoms with Crippen LogP contribution in [0.3, 0.4) is 0 Å². The highest BCUT2D eigenvalue weighted by Gasteiger charge is 2.42. The van der Waals surface area contributed by atoms with E-state index in [0.29, 0.717) is 35.7 Å². The third-order valence-corrected chi connectivity index (χ3v) is 7.81. The number of nitrogens with one attached hydrogen (secondary N) is 3. The zero-order chi connectivity index (χ0) is 24.4. The highest BCUT2D eigenvalue weighted by atomic mass is 16.5. The van der Waals surface area contributed by atoms with E-state index in [2.05, 4.69) is 25.8 Å². The van der Waals surface area contributed by atoms with Crippen molar-refractivity contribution in [3.05, 3.63) is 53.2 Å². The lowest BCUT2D eigenvalue weighted by Crippen LogP contribution is -2.50. The molecule has 2 bridgehead atoms. The van der Waals surface area contributed by atoms with Gasteiger partial charge in [-0.1, -0.05) is 6.07 Å². The zero-order valence-corrected chi connectivity index (χ0v) is 20.5. The van der Waals surface area contributed by atoms with Crippen molar-refractivity contribution in [2.75, 3.05) is 31.6 Å². The van der Waals surface area contributed by atoms with Crippen LogP contribution >= 0.6 is 0 Å². The van der Waals surface area contributed by atoms with Gasteiger partial charge in [0, 0.05) is 42.0 Å². The normalized spacial score (nSPS) is 25.4. The van der Waals surface area contributed by atoms with Gasteiger partial charge in [0.2, 0.25) is 0 Å². The summed E-state index contributed by atoms with van der Waals surface area (Å²) in [5.41, 5.74) is 2.13. The van der Waals surface area contributed by atoms with Crippen molar-refractivity contribution in [2.45, 2.75) is 57.2 Å². The maximum absolute atomic E-state index is 13.0. The van der Waals surface area contributed by atoms with Gasteiger partial charge < -0.3 is 25.6 Å². The molecule has 1 aromatic carbocycles. The van der Waals surface area contributed by atoms with Gasteiger partial charge in [0.25, 0.3) is 11.8 Å². The van der Waals surface area contributed by atoms with Crippen LogP contribution in [0, 0.1) is 12.8 Å². The Morgan fingerprint density at radius 3 is 2.57 bits per heavy atom. The maximum atomic E-state index is 13.0. The number of aromatic nitrogens is 1. The number of amides is 2. The second-order valence-electron chi connectivity index (χ2n) is 10.0. The third-order valence-electron chi connectivity index (χ3n) is 7.81. The molecule has 0 spiro atoms. The summed E-state index contributed by atoms with van der Waals surface area (Å²) in [5, 5.41) is 9.63. The van der Waals surface area contributed by atoms with Crippen LogP contribution < -0.4 is 25.6 Å². The van der Waals surface area contributed by atoms with E-state index in [1.165, 1.54) is 0 Å². The summed E-state index contributed by atoms with van der Waals surface area (Å²) >= 11 is 0. The summed E-state index contributed by atoms with van der Waals surface area (Å²) in [7, 11) is 1.62. The topological polar surface area (TPSA) is 95.6 Å². The number of hydrogen-bond donors (Lipinski definition) is 3. The molecule has 2 aromatic rings. The summed E-state index contributed by atoms with van der Waals surface area (Å²) in [6, 6.07) is 10.2. The van der Waals surface area contributed by atoms with E-state index in [9.17, 15) is 9.59 Å². The van der Waals surface area contributed by atoms with Crippen molar-refractivity contribution in [3.63, 3.8) is 0 Å². The number of piperidine rings is 1. The summed E-state index contributed by atoms with van der Waals surface area (Å²) in [6.45, 7) is 4.61. The highest BCUT2D eigenvalue weighted by Crippen LogP contribution is 2.38. The summed E-state index contributed by atoms with van der Waals surface area (Å²) in [5.74, 6) is 2.06. The number of methoxy groups -OCH3 is 1. The Morgan fingerprint density at radius 2 is 1.91 bits per heavy atom. The smallest absolute Gasteiger partial charge is 0.252 e. The Hall–Kier alpha value is -3.13. The number of carbonyl (C=O) groups is 2. The maximum Gasteiger partial charge on any atom is 0.252 e. The fourth-order valence-corrected chi connectivity index (χ4v) is 5.91. The van der Waals surface area contributed by atoms with Gasteiger partial charge in [-0.3, -0.25) is 9.59 Å². The van der Waals surface area contributed by atoms with Gasteiger partial charge in [0.05, 0.1) is 12.7 Å². The van der Waals surface area contributed by atoms with Crippen LogP contribution in [0.25, 0.3) is 0 Å².